The van der Waals surface area contributed by atoms with Gasteiger partial charge in [0, 0.05) is 17.5 Å². The molecular weight excluding hydrogens is 612 g/mol. The van der Waals surface area contributed by atoms with E-state index in [9.17, 15) is 4.39 Å². The van der Waals surface area contributed by atoms with Crippen molar-refractivity contribution in [1.29, 1.82) is 0 Å². The summed E-state index contributed by atoms with van der Waals surface area (Å²) in [4.78, 5) is 9.56. The fourth-order valence-electron chi connectivity index (χ4n) is 5.06. The number of aryl methyl sites for hydroxylation is 3. The van der Waals surface area contributed by atoms with E-state index in [0.29, 0.717) is 0 Å². The summed E-state index contributed by atoms with van der Waals surface area (Å²) in [6.07, 6.45) is 15.2. The largest absolute Gasteiger partial charge is 0.261 e. The fraction of sp³-hybridized carbons (Fsp3) is 0.404. The first kappa shape index (κ1) is 45.9. The molecule has 3 aromatic rings. The minimum absolute atomic E-state index is 0.160. The molecule has 0 fully saturated rings. The SMILES string of the molecule is C=C(C)c1ccc(CCCC)c(C(C)=Nc2cc(N=CC)c(C)cc2C(=C)C)c1.C=C(CCC)CC/C=C\C.CC.CCc1ccc(F)cc1. The zero-order valence-corrected chi connectivity index (χ0v) is 33.5. The molecule has 0 spiro atoms. The number of hydrogen-bond donors (Lipinski definition) is 0. The Bertz CT molecular complexity index is 1550. The van der Waals surface area contributed by atoms with Crippen molar-refractivity contribution in [3.05, 3.63) is 131 Å². The highest BCUT2D eigenvalue weighted by atomic mass is 19.1. The third-order valence-corrected chi connectivity index (χ3v) is 7.95. The molecule has 0 aromatic heterocycles. The number of unbranched alkanes of at least 4 members (excludes halogenated alkanes) is 1. The van der Waals surface area contributed by atoms with Gasteiger partial charge in [-0.3, -0.25) is 9.98 Å². The van der Waals surface area contributed by atoms with Crippen LogP contribution in [0, 0.1) is 12.7 Å². The van der Waals surface area contributed by atoms with Crippen LogP contribution in [0.5, 0.6) is 0 Å². The predicted octanol–water partition coefficient (Wildman–Crippen LogP) is 15.4. The first-order valence-corrected chi connectivity index (χ1v) is 18.6. The molecule has 0 amide bonds. The fourth-order valence-corrected chi connectivity index (χ4v) is 5.06. The Hall–Kier alpha value is -4.11. The summed E-state index contributed by atoms with van der Waals surface area (Å²) in [6.45, 7) is 35.0. The minimum Gasteiger partial charge on any atom is -0.261 e. The standard InChI is InChI=1S/C27H34N2.C10H18.C8H9F.C2H6/c1-9-11-12-22-13-14-23(18(3)4)16-25(22)21(8)29-27-17-26(28-10-2)20(7)15-24(27)19(5)6;1-4-6-7-9-10(3)8-5-2;1-2-7-3-5-8(9)6-4-7;1-2/h10,13-17H,3,5,9,11-12H2,1-2,4,6-8H3;4,6H,3,5,7-9H2,1-2H3;3-6H,2H2,1H3;1-2H3/b;6-4-;;. The molecule has 0 saturated carbocycles. The van der Waals surface area contributed by atoms with Gasteiger partial charge in [-0.15, -0.1) is 0 Å². The van der Waals surface area contributed by atoms with Crippen LogP contribution in [0.3, 0.4) is 0 Å². The minimum atomic E-state index is -0.160. The number of aliphatic imine (C=N–C) groups is 2. The average Bonchev–Trinajstić information content (AvgIpc) is 3.10. The topological polar surface area (TPSA) is 24.7 Å². The van der Waals surface area contributed by atoms with Crippen molar-refractivity contribution < 1.29 is 4.39 Å². The smallest absolute Gasteiger partial charge is 0.123 e. The van der Waals surface area contributed by atoms with Crippen molar-refractivity contribution in [2.75, 3.05) is 0 Å². The van der Waals surface area contributed by atoms with Crippen LogP contribution < -0.4 is 0 Å². The van der Waals surface area contributed by atoms with Crippen molar-refractivity contribution in [2.45, 2.75) is 128 Å². The molecule has 272 valence electrons. The summed E-state index contributed by atoms with van der Waals surface area (Å²) < 4.78 is 12.2. The molecule has 0 bridgehead atoms. The van der Waals surface area contributed by atoms with Gasteiger partial charge in [0.25, 0.3) is 0 Å². The Kier molecular flexibility index (Phi) is 24.5. The highest BCUT2D eigenvalue weighted by molar-refractivity contribution is 6.03. The van der Waals surface area contributed by atoms with Crippen LogP contribution in [0.15, 0.2) is 102 Å². The third-order valence-electron chi connectivity index (χ3n) is 7.95. The van der Waals surface area contributed by atoms with Crippen LogP contribution in [-0.4, -0.2) is 11.9 Å². The number of rotatable bonds is 14. The molecule has 0 aliphatic heterocycles. The van der Waals surface area contributed by atoms with Crippen LogP contribution in [0.2, 0.25) is 0 Å². The normalized spacial score (nSPS) is 10.8. The van der Waals surface area contributed by atoms with E-state index in [1.165, 1.54) is 60.1 Å². The lowest BCUT2D eigenvalue weighted by atomic mass is 9.94. The Labute approximate surface area is 306 Å². The Morgan fingerprint density at radius 2 is 1.44 bits per heavy atom. The van der Waals surface area contributed by atoms with Crippen molar-refractivity contribution in [3.63, 3.8) is 0 Å². The summed E-state index contributed by atoms with van der Waals surface area (Å²) in [6, 6.07) is 17.4. The first-order chi connectivity index (χ1) is 23.9. The zero-order valence-electron chi connectivity index (χ0n) is 33.5. The van der Waals surface area contributed by atoms with E-state index in [4.69, 9.17) is 4.99 Å². The van der Waals surface area contributed by atoms with Gasteiger partial charge >= 0.3 is 0 Å². The predicted molar refractivity (Wildman–Crippen MR) is 227 cm³/mol. The van der Waals surface area contributed by atoms with Crippen LogP contribution in [-0.2, 0) is 12.8 Å². The maximum Gasteiger partial charge on any atom is 0.123 e. The summed E-state index contributed by atoms with van der Waals surface area (Å²) in [5.41, 5.74) is 13.4. The number of halogens is 1. The van der Waals surface area contributed by atoms with Crippen molar-refractivity contribution in [3.8, 4) is 0 Å². The van der Waals surface area contributed by atoms with Gasteiger partial charge in [0.2, 0.25) is 0 Å². The molecule has 50 heavy (non-hydrogen) atoms. The van der Waals surface area contributed by atoms with Gasteiger partial charge in [-0.05, 0) is 144 Å². The lowest BCUT2D eigenvalue weighted by molar-refractivity contribution is 0.627. The molecule has 0 N–H and O–H groups in total. The highest BCUT2D eigenvalue weighted by Crippen LogP contribution is 2.34. The zero-order chi connectivity index (χ0) is 38.1. The van der Waals surface area contributed by atoms with Crippen molar-refractivity contribution in [2.24, 2.45) is 9.98 Å². The second-order valence-electron chi connectivity index (χ2n) is 12.4. The maximum atomic E-state index is 12.2. The van der Waals surface area contributed by atoms with E-state index in [0.717, 1.165) is 70.6 Å². The maximum absolute atomic E-state index is 12.2. The monoisotopic (exact) mass is 679 g/mol. The summed E-state index contributed by atoms with van der Waals surface area (Å²) in [5.74, 6) is -0.160. The molecule has 0 atom stereocenters. The van der Waals surface area contributed by atoms with Gasteiger partial charge < -0.3 is 0 Å². The van der Waals surface area contributed by atoms with Gasteiger partial charge in [0.05, 0.1) is 11.4 Å². The second kappa shape index (κ2) is 26.7. The van der Waals surface area contributed by atoms with E-state index in [-0.39, 0.29) is 5.82 Å². The third kappa shape index (κ3) is 17.5. The summed E-state index contributed by atoms with van der Waals surface area (Å²) >= 11 is 0. The van der Waals surface area contributed by atoms with Gasteiger partial charge in [0.1, 0.15) is 5.82 Å². The lowest BCUT2D eigenvalue weighted by Gasteiger charge is -2.14. The molecule has 0 saturated heterocycles. The van der Waals surface area contributed by atoms with Gasteiger partial charge in [0.15, 0.2) is 0 Å². The van der Waals surface area contributed by atoms with Crippen LogP contribution in [0.1, 0.15) is 141 Å². The molecule has 0 unspecified atom stereocenters. The number of benzene rings is 3. The van der Waals surface area contributed by atoms with Crippen LogP contribution >= 0.6 is 0 Å². The molecule has 2 nitrogen and oxygen atoms in total. The lowest BCUT2D eigenvalue weighted by Crippen LogP contribution is -2.03. The van der Waals surface area contributed by atoms with Gasteiger partial charge in [-0.1, -0.05) is 115 Å². The Balaban J connectivity index is 0.000000928. The second-order valence-corrected chi connectivity index (χ2v) is 12.4. The molecule has 0 aliphatic carbocycles. The quantitative estimate of drug-likeness (QED) is 0.120. The molecule has 0 heterocycles. The number of allylic oxidation sites excluding steroid dienone is 5. The molecule has 0 aliphatic rings. The number of hydrogen-bond acceptors (Lipinski definition) is 2. The van der Waals surface area contributed by atoms with E-state index in [2.05, 4.69) is 102 Å². The summed E-state index contributed by atoms with van der Waals surface area (Å²) in [5, 5.41) is 0. The molecule has 0 radical (unpaired) electrons. The Morgan fingerprint density at radius 3 is 1.96 bits per heavy atom. The average molecular weight is 679 g/mol. The van der Waals surface area contributed by atoms with Crippen molar-refractivity contribution in [1.82, 2.24) is 0 Å². The van der Waals surface area contributed by atoms with Gasteiger partial charge in [-0.25, -0.2) is 4.39 Å². The van der Waals surface area contributed by atoms with E-state index < -0.39 is 0 Å². The molecular formula is C47H67FN2. The van der Waals surface area contributed by atoms with Crippen molar-refractivity contribution >= 4 is 34.4 Å². The summed E-state index contributed by atoms with van der Waals surface area (Å²) in [7, 11) is 0. The molecule has 3 heteroatoms. The van der Waals surface area contributed by atoms with Crippen LogP contribution in [0.4, 0.5) is 15.8 Å². The number of nitrogens with zero attached hydrogens (tertiary/aromatic N) is 2. The molecule has 3 aromatic carbocycles. The molecule has 3 rings (SSSR count). The van der Waals surface area contributed by atoms with Gasteiger partial charge in [-0.2, -0.15) is 0 Å². The first-order valence-electron chi connectivity index (χ1n) is 18.6. The van der Waals surface area contributed by atoms with Crippen LogP contribution in [0.25, 0.3) is 11.1 Å². The van der Waals surface area contributed by atoms with E-state index in [1.807, 2.05) is 47.8 Å². The van der Waals surface area contributed by atoms with E-state index >= 15 is 0 Å². The van der Waals surface area contributed by atoms with E-state index in [1.54, 1.807) is 12.1 Å². The Morgan fingerprint density at radius 1 is 0.780 bits per heavy atom. The highest BCUT2D eigenvalue weighted by Gasteiger charge is 2.12.